The summed E-state index contributed by atoms with van der Waals surface area (Å²) in [6, 6.07) is 29.8. The van der Waals surface area contributed by atoms with Gasteiger partial charge in [-0.3, -0.25) is 0 Å². The molecule has 3 aromatic rings. The third-order valence-electron chi connectivity index (χ3n) is 6.25. The first kappa shape index (κ1) is 21.2. The molecule has 4 atom stereocenters. The zero-order valence-electron chi connectivity index (χ0n) is 18.1. The van der Waals surface area contributed by atoms with Gasteiger partial charge < -0.3 is 27.9 Å². The van der Waals surface area contributed by atoms with Crippen LogP contribution in [0.15, 0.2) is 91.0 Å². The zero-order chi connectivity index (χ0) is 22.0. The number of benzene rings is 3. The highest BCUT2D eigenvalue weighted by Gasteiger charge is 2.53. The molecule has 0 bridgehead atoms. The Kier molecular flexibility index (Phi) is 6.07. The second-order valence-electron chi connectivity index (χ2n) is 8.44. The van der Waals surface area contributed by atoms with E-state index in [0.717, 1.165) is 16.4 Å². The van der Waals surface area contributed by atoms with Crippen molar-refractivity contribution in [3.05, 3.63) is 91.0 Å². The first-order valence-electron chi connectivity index (χ1n) is 11.3. The van der Waals surface area contributed by atoms with Gasteiger partial charge in [0.2, 0.25) is 0 Å². The molecule has 3 saturated heterocycles. The van der Waals surface area contributed by atoms with E-state index in [1.165, 1.54) is 0 Å². The maximum atomic E-state index is 6.42. The Labute approximate surface area is 194 Å². The van der Waals surface area contributed by atoms with Gasteiger partial charge in [-0.15, -0.1) is 0 Å². The standard InChI is InChI=1S/C24H23B3O6/c1-4-10-18(11-5-1)25-28-16-21(30-25)23-24(33-27(32-23)20-14-8-3-9-15-20)22-17-29-26(31-22)19-12-6-2-7-13-19/h1-15,21-24H,16-17H2/t21-,22+,23+,24-. The van der Waals surface area contributed by atoms with Crippen LogP contribution in [0, 0.1) is 0 Å². The van der Waals surface area contributed by atoms with Crippen LogP contribution in [0.25, 0.3) is 0 Å². The summed E-state index contributed by atoms with van der Waals surface area (Å²) in [6.07, 6.45) is -1.28. The lowest BCUT2D eigenvalue weighted by Gasteiger charge is -2.27. The Balaban J connectivity index is 1.21. The van der Waals surface area contributed by atoms with Gasteiger partial charge in [0.05, 0.1) is 37.6 Å². The number of hydrogen-bond donors (Lipinski definition) is 0. The van der Waals surface area contributed by atoms with Crippen LogP contribution in [0.4, 0.5) is 0 Å². The molecule has 0 aliphatic carbocycles. The predicted octanol–water partition coefficient (Wildman–Crippen LogP) is 0.787. The van der Waals surface area contributed by atoms with E-state index in [9.17, 15) is 0 Å². The van der Waals surface area contributed by atoms with E-state index in [-0.39, 0.29) is 24.4 Å². The molecule has 0 saturated carbocycles. The Morgan fingerprint density at radius 2 is 0.818 bits per heavy atom. The summed E-state index contributed by atoms with van der Waals surface area (Å²) in [6.45, 7) is 0.836. The van der Waals surface area contributed by atoms with Gasteiger partial charge in [0.1, 0.15) is 0 Å². The van der Waals surface area contributed by atoms with E-state index in [0.29, 0.717) is 13.2 Å². The molecule has 3 aromatic carbocycles. The molecule has 6 rings (SSSR count). The quantitative estimate of drug-likeness (QED) is 0.548. The fourth-order valence-electron chi connectivity index (χ4n) is 4.59. The van der Waals surface area contributed by atoms with Gasteiger partial charge in [0.25, 0.3) is 0 Å². The smallest absolute Gasteiger partial charge is 0.405 e. The molecule has 33 heavy (non-hydrogen) atoms. The van der Waals surface area contributed by atoms with Gasteiger partial charge in [-0.2, -0.15) is 0 Å². The molecule has 6 nitrogen and oxygen atoms in total. The molecule has 3 aliphatic heterocycles. The van der Waals surface area contributed by atoms with Crippen LogP contribution < -0.4 is 16.4 Å². The van der Waals surface area contributed by atoms with Crippen molar-refractivity contribution >= 4 is 37.7 Å². The highest BCUT2D eigenvalue weighted by Crippen LogP contribution is 2.30. The summed E-state index contributed by atoms with van der Waals surface area (Å²) in [5.74, 6) is 0. The van der Waals surface area contributed by atoms with E-state index in [1.807, 2.05) is 91.0 Å². The lowest BCUT2D eigenvalue weighted by molar-refractivity contribution is -0.00430. The molecule has 0 amide bonds. The second-order valence-corrected chi connectivity index (χ2v) is 8.44. The van der Waals surface area contributed by atoms with E-state index in [1.54, 1.807) is 0 Å². The van der Waals surface area contributed by atoms with Crippen LogP contribution in [0.1, 0.15) is 0 Å². The largest absolute Gasteiger partial charge is 0.494 e. The SMILES string of the molecule is c1ccc(B2O[C@@H]([C@H]3COB(c4ccccc4)O3)[C@@H]([C@@H]3COB(c4ccccc4)O3)O2)cc1. The van der Waals surface area contributed by atoms with Crippen molar-refractivity contribution in [2.45, 2.75) is 24.4 Å². The van der Waals surface area contributed by atoms with Gasteiger partial charge in [0, 0.05) is 0 Å². The van der Waals surface area contributed by atoms with Gasteiger partial charge in [-0.25, -0.2) is 0 Å². The van der Waals surface area contributed by atoms with Crippen molar-refractivity contribution in [3.63, 3.8) is 0 Å². The van der Waals surface area contributed by atoms with Crippen molar-refractivity contribution in [2.24, 2.45) is 0 Å². The fourth-order valence-corrected chi connectivity index (χ4v) is 4.59. The summed E-state index contributed by atoms with van der Waals surface area (Å²) in [4.78, 5) is 0. The summed E-state index contributed by atoms with van der Waals surface area (Å²) in [5.41, 5.74) is 2.93. The molecule has 0 spiro atoms. The van der Waals surface area contributed by atoms with E-state index in [4.69, 9.17) is 27.9 Å². The Morgan fingerprint density at radius 3 is 1.21 bits per heavy atom. The lowest BCUT2D eigenvalue weighted by Crippen LogP contribution is -2.46. The molecule has 3 fully saturated rings. The Hall–Kier alpha value is -2.39. The summed E-state index contributed by atoms with van der Waals surface area (Å²) < 4.78 is 37.4. The first-order valence-corrected chi connectivity index (χ1v) is 11.3. The van der Waals surface area contributed by atoms with Crippen LogP contribution in [-0.2, 0) is 27.9 Å². The third-order valence-corrected chi connectivity index (χ3v) is 6.25. The van der Waals surface area contributed by atoms with Crippen molar-refractivity contribution in [1.82, 2.24) is 0 Å². The maximum absolute atomic E-state index is 6.42. The van der Waals surface area contributed by atoms with Crippen LogP contribution in [0.3, 0.4) is 0 Å². The minimum Gasteiger partial charge on any atom is -0.405 e. The normalized spacial score (nSPS) is 27.5. The van der Waals surface area contributed by atoms with Gasteiger partial charge in [-0.1, -0.05) is 91.0 Å². The second kappa shape index (κ2) is 9.47. The van der Waals surface area contributed by atoms with E-state index >= 15 is 0 Å². The predicted molar refractivity (Wildman–Crippen MR) is 127 cm³/mol. The Bertz CT molecular complexity index is 978. The number of hydrogen-bond acceptors (Lipinski definition) is 6. The topological polar surface area (TPSA) is 55.4 Å². The van der Waals surface area contributed by atoms with Gasteiger partial charge in [0.15, 0.2) is 0 Å². The van der Waals surface area contributed by atoms with E-state index < -0.39 is 21.4 Å². The molecule has 164 valence electrons. The zero-order valence-corrected chi connectivity index (χ0v) is 18.1. The third kappa shape index (κ3) is 4.40. The summed E-state index contributed by atoms with van der Waals surface area (Å²) in [7, 11) is -1.34. The minimum atomic E-state index is -0.500. The van der Waals surface area contributed by atoms with Crippen LogP contribution >= 0.6 is 0 Å². The molecule has 3 heterocycles. The van der Waals surface area contributed by atoms with Crippen molar-refractivity contribution in [1.29, 1.82) is 0 Å². The lowest BCUT2D eigenvalue weighted by atomic mass is 9.79. The van der Waals surface area contributed by atoms with Crippen LogP contribution in [0.2, 0.25) is 0 Å². The molecular weight excluding hydrogens is 417 g/mol. The Morgan fingerprint density at radius 1 is 0.455 bits per heavy atom. The highest BCUT2D eigenvalue weighted by molar-refractivity contribution is 6.63. The van der Waals surface area contributed by atoms with Gasteiger partial charge in [-0.05, 0) is 16.4 Å². The molecule has 0 aromatic heterocycles. The molecule has 9 heteroatoms. The van der Waals surface area contributed by atoms with Crippen molar-refractivity contribution < 1.29 is 27.9 Å². The van der Waals surface area contributed by atoms with Gasteiger partial charge >= 0.3 is 21.4 Å². The van der Waals surface area contributed by atoms with Crippen molar-refractivity contribution in [3.8, 4) is 0 Å². The fraction of sp³-hybridized carbons (Fsp3) is 0.250. The molecular formula is C24H23B3O6. The summed E-state index contributed by atoms with van der Waals surface area (Å²) in [5, 5.41) is 0. The monoisotopic (exact) mass is 440 g/mol. The average Bonchev–Trinajstić information content (AvgIpc) is 3.65. The first-order chi connectivity index (χ1) is 16.3. The number of rotatable bonds is 5. The maximum Gasteiger partial charge on any atom is 0.494 e. The molecule has 0 radical (unpaired) electrons. The van der Waals surface area contributed by atoms with Crippen LogP contribution in [-0.4, -0.2) is 59.0 Å². The highest BCUT2D eigenvalue weighted by atomic mass is 16.7. The minimum absolute atomic E-state index is 0.284. The van der Waals surface area contributed by atoms with Crippen molar-refractivity contribution in [2.75, 3.05) is 13.2 Å². The summed E-state index contributed by atoms with van der Waals surface area (Å²) >= 11 is 0. The molecule has 0 N–H and O–H groups in total. The van der Waals surface area contributed by atoms with Crippen LogP contribution in [0.5, 0.6) is 0 Å². The average molecular weight is 440 g/mol. The molecule has 0 unspecified atom stereocenters. The van der Waals surface area contributed by atoms with E-state index in [2.05, 4.69) is 0 Å². The molecule has 3 aliphatic rings.